The summed E-state index contributed by atoms with van der Waals surface area (Å²) in [5.74, 6) is -0.606. The summed E-state index contributed by atoms with van der Waals surface area (Å²) in [7, 11) is -2.38. The molecule has 1 aromatic rings. The number of nitrogens with two attached hydrogens (primary N) is 1. The highest BCUT2D eigenvalue weighted by molar-refractivity contribution is 7.89. The molecule has 0 heterocycles. The van der Waals surface area contributed by atoms with E-state index in [1.807, 2.05) is 0 Å². The van der Waals surface area contributed by atoms with Gasteiger partial charge in [0.1, 0.15) is 5.82 Å². The fraction of sp³-hybridized carbons (Fsp3) is 0.571. The third-order valence-electron chi connectivity index (χ3n) is 4.02. The third-order valence-corrected chi connectivity index (χ3v) is 5.80. The Kier molecular flexibility index (Phi) is 4.28. The number of sulfonamides is 1. The van der Waals surface area contributed by atoms with E-state index in [1.165, 1.54) is 20.0 Å². The first kappa shape index (κ1) is 16.2. The monoisotopic (exact) mass is 316 g/mol. The maximum atomic E-state index is 13.5. The van der Waals surface area contributed by atoms with Gasteiger partial charge >= 0.3 is 0 Å². The van der Waals surface area contributed by atoms with Crippen molar-refractivity contribution in [2.45, 2.75) is 43.1 Å². The second kappa shape index (κ2) is 5.55. The normalized spacial score (nSPS) is 18.3. The topological polar surface area (TPSA) is 83.6 Å². The average molecular weight is 316 g/mol. The lowest BCUT2D eigenvalue weighted by molar-refractivity contribution is 0.0333. The van der Waals surface area contributed by atoms with E-state index >= 15 is 0 Å². The maximum absolute atomic E-state index is 13.5. The van der Waals surface area contributed by atoms with Crippen molar-refractivity contribution in [3.8, 4) is 0 Å². The number of halogens is 1. The number of aliphatic hydroxyl groups is 1. The molecule has 21 heavy (non-hydrogen) atoms. The van der Waals surface area contributed by atoms with Crippen molar-refractivity contribution in [1.29, 1.82) is 0 Å². The van der Waals surface area contributed by atoms with E-state index in [2.05, 4.69) is 0 Å². The van der Waals surface area contributed by atoms with Crippen molar-refractivity contribution in [1.82, 2.24) is 4.31 Å². The molecular weight excluding hydrogens is 295 g/mol. The summed E-state index contributed by atoms with van der Waals surface area (Å²) in [4.78, 5) is -0.0528. The van der Waals surface area contributed by atoms with Crippen LogP contribution in [0.15, 0.2) is 17.0 Å². The molecular formula is C14H21FN2O3S. The van der Waals surface area contributed by atoms with Gasteiger partial charge in [-0.25, -0.2) is 12.8 Å². The molecule has 0 amide bonds. The number of nitrogen functional groups attached to an aromatic ring is 1. The van der Waals surface area contributed by atoms with Gasteiger partial charge in [-0.2, -0.15) is 4.31 Å². The minimum Gasteiger partial charge on any atom is -0.396 e. The summed E-state index contributed by atoms with van der Waals surface area (Å²) >= 11 is 0. The summed E-state index contributed by atoms with van der Waals surface area (Å²) in [5, 5.41) is 10.3. The molecule has 0 bridgehead atoms. The lowest BCUT2D eigenvalue weighted by Gasteiger charge is -2.28. The minimum absolute atomic E-state index is 0.0334. The number of nitrogens with zero attached hydrogens (tertiary/aromatic N) is 1. The van der Waals surface area contributed by atoms with E-state index in [0.717, 1.165) is 23.2 Å². The summed E-state index contributed by atoms with van der Waals surface area (Å²) < 4.78 is 39.7. The zero-order valence-electron chi connectivity index (χ0n) is 12.3. The molecule has 1 aliphatic rings. The first-order valence-corrected chi connectivity index (χ1v) is 8.34. The van der Waals surface area contributed by atoms with E-state index in [4.69, 9.17) is 5.73 Å². The number of hydrogen-bond donors (Lipinski definition) is 2. The smallest absolute Gasteiger partial charge is 0.243 e. The van der Waals surface area contributed by atoms with E-state index in [-0.39, 0.29) is 22.7 Å². The first-order chi connectivity index (χ1) is 9.66. The van der Waals surface area contributed by atoms with Crippen molar-refractivity contribution >= 4 is 15.7 Å². The summed E-state index contributed by atoms with van der Waals surface area (Å²) in [5.41, 5.74) is 4.52. The molecule has 0 atom stereocenters. The number of benzene rings is 1. The average Bonchev–Trinajstić information content (AvgIpc) is 2.81. The molecule has 1 saturated carbocycles. The van der Waals surface area contributed by atoms with Crippen LogP contribution in [0.2, 0.25) is 0 Å². The Hall–Kier alpha value is -1.18. The van der Waals surface area contributed by atoms with Crippen LogP contribution in [0.25, 0.3) is 0 Å². The summed E-state index contributed by atoms with van der Waals surface area (Å²) in [6, 6.07) is 2.38. The molecule has 0 saturated heterocycles. The highest BCUT2D eigenvalue weighted by Crippen LogP contribution is 2.31. The van der Waals surface area contributed by atoms with Crippen LogP contribution < -0.4 is 5.73 Å². The van der Waals surface area contributed by atoms with Crippen LogP contribution in [0.5, 0.6) is 0 Å². The zero-order chi connectivity index (χ0) is 15.8. The highest BCUT2D eigenvalue weighted by Gasteiger charge is 2.36. The molecule has 2 rings (SSSR count). The second-order valence-electron chi connectivity index (χ2n) is 5.84. The molecule has 3 N–H and O–H groups in total. The van der Waals surface area contributed by atoms with E-state index in [1.54, 1.807) is 0 Å². The predicted octanol–water partition coefficient (Wildman–Crippen LogP) is 1.64. The molecule has 118 valence electrons. The van der Waals surface area contributed by atoms with Crippen LogP contribution in [-0.2, 0) is 10.0 Å². The molecule has 0 aromatic heterocycles. The first-order valence-electron chi connectivity index (χ1n) is 6.90. The lowest BCUT2D eigenvalue weighted by Crippen LogP contribution is -2.42. The Morgan fingerprint density at radius 1 is 1.38 bits per heavy atom. The molecule has 0 unspecified atom stereocenters. The molecule has 0 spiro atoms. The van der Waals surface area contributed by atoms with Crippen molar-refractivity contribution in [2.75, 3.05) is 19.3 Å². The number of likely N-dealkylation sites (N-methyl/N-ethyl adjacent to an activating group) is 1. The quantitative estimate of drug-likeness (QED) is 0.827. The fourth-order valence-corrected chi connectivity index (χ4v) is 4.15. The fourth-order valence-electron chi connectivity index (χ4n) is 2.78. The van der Waals surface area contributed by atoms with Crippen LogP contribution in [-0.4, -0.2) is 37.0 Å². The Morgan fingerprint density at radius 2 is 1.95 bits per heavy atom. The SMILES string of the molecule is Cc1cc(S(=O)(=O)N(C)CC2(O)CCCC2)cc(N)c1F. The molecule has 0 radical (unpaired) electrons. The molecule has 1 aliphatic carbocycles. The van der Waals surface area contributed by atoms with Crippen LogP contribution in [0.4, 0.5) is 10.1 Å². The Bertz CT molecular complexity index is 617. The molecule has 7 heteroatoms. The van der Waals surface area contributed by atoms with Gasteiger partial charge in [0.05, 0.1) is 16.2 Å². The Morgan fingerprint density at radius 3 is 2.48 bits per heavy atom. The number of anilines is 1. The summed E-state index contributed by atoms with van der Waals surface area (Å²) in [6.45, 7) is 1.50. The van der Waals surface area contributed by atoms with E-state index in [9.17, 15) is 17.9 Å². The molecule has 0 aliphatic heterocycles. The van der Waals surface area contributed by atoms with Gasteiger partial charge in [-0.05, 0) is 37.5 Å². The minimum atomic E-state index is -3.80. The van der Waals surface area contributed by atoms with Gasteiger partial charge in [0.15, 0.2) is 0 Å². The standard InChI is InChI=1S/C14H21FN2O3S/c1-10-7-11(8-12(16)13(10)15)21(19,20)17(2)9-14(18)5-3-4-6-14/h7-8,18H,3-6,9,16H2,1-2H3. The van der Waals surface area contributed by atoms with Crippen LogP contribution in [0.3, 0.4) is 0 Å². The lowest BCUT2D eigenvalue weighted by atomic mass is 10.0. The van der Waals surface area contributed by atoms with Gasteiger partial charge in [0.2, 0.25) is 10.0 Å². The number of rotatable bonds is 4. The second-order valence-corrected chi connectivity index (χ2v) is 7.88. The van der Waals surface area contributed by atoms with Crippen LogP contribution >= 0.6 is 0 Å². The van der Waals surface area contributed by atoms with Gasteiger partial charge < -0.3 is 10.8 Å². The van der Waals surface area contributed by atoms with Gasteiger partial charge in [-0.1, -0.05) is 12.8 Å². The third kappa shape index (κ3) is 3.20. The molecule has 1 aromatic carbocycles. The Balaban J connectivity index is 2.29. The van der Waals surface area contributed by atoms with Gasteiger partial charge in [0, 0.05) is 13.6 Å². The highest BCUT2D eigenvalue weighted by atomic mass is 32.2. The largest absolute Gasteiger partial charge is 0.396 e. The van der Waals surface area contributed by atoms with E-state index in [0.29, 0.717) is 12.8 Å². The van der Waals surface area contributed by atoms with Gasteiger partial charge in [0.25, 0.3) is 0 Å². The number of aryl methyl sites for hydroxylation is 1. The van der Waals surface area contributed by atoms with Crippen molar-refractivity contribution in [2.24, 2.45) is 0 Å². The van der Waals surface area contributed by atoms with Crippen LogP contribution in [0, 0.1) is 12.7 Å². The van der Waals surface area contributed by atoms with Gasteiger partial charge in [-0.3, -0.25) is 0 Å². The Labute approximate surface area is 124 Å². The number of hydrogen-bond acceptors (Lipinski definition) is 4. The van der Waals surface area contributed by atoms with Crippen molar-refractivity contribution in [3.05, 3.63) is 23.5 Å². The van der Waals surface area contributed by atoms with Crippen molar-refractivity contribution in [3.63, 3.8) is 0 Å². The zero-order valence-corrected chi connectivity index (χ0v) is 13.1. The van der Waals surface area contributed by atoms with Gasteiger partial charge in [-0.15, -0.1) is 0 Å². The van der Waals surface area contributed by atoms with Crippen LogP contribution in [0.1, 0.15) is 31.2 Å². The molecule has 5 nitrogen and oxygen atoms in total. The molecule has 1 fully saturated rings. The maximum Gasteiger partial charge on any atom is 0.243 e. The van der Waals surface area contributed by atoms with Crippen molar-refractivity contribution < 1.29 is 17.9 Å². The van der Waals surface area contributed by atoms with E-state index < -0.39 is 21.4 Å². The summed E-state index contributed by atoms with van der Waals surface area (Å²) in [6.07, 6.45) is 2.98. The predicted molar refractivity (Wildman–Crippen MR) is 78.8 cm³/mol.